The Bertz CT molecular complexity index is 1030. The number of hydrogen-bond acceptors (Lipinski definition) is 3. The first-order valence-corrected chi connectivity index (χ1v) is 10.4. The molecule has 156 valence electrons. The highest BCUT2D eigenvalue weighted by molar-refractivity contribution is 6.30. The molecule has 3 nitrogen and oxygen atoms in total. The van der Waals surface area contributed by atoms with Crippen molar-refractivity contribution in [2.45, 2.75) is 39.7 Å². The number of hydrogen-bond donors (Lipinski definition) is 0. The number of carbonyl (C=O) groups is 1. The summed E-state index contributed by atoms with van der Waals surface area (Å²) in [6.07, 6.45) is 0. The zero-order chi connectivity index (χ0) is 21.9. The molecule has 3 aromatic carbocycles. The van der Waals surface area contributed by atoms with Crippen LogP contribution in [0.5, 0.6) is 11.5 Å². The van der Waals surface area contributed by atoms with Crippen LogP contribution in [0.1, 0.15) is 47.8 Å². The van der Waals surface area contributed by atoms with Gasteiger partial charge in [-0.15, -0.1) is 0 Å². The SMILES string of the molecule is Cc1cc(C(C)(C)C)cc(OCc2ccc(Cl)cc2)c1OC(=O)c1ccc(Cl)cc1. The van der Waals surface area contributed by atoms with Gasteiger partial charge in [-0.2, -0.15) is 0 Å². The molecule has 0 heterocycles. The molecule has 0 aliphatic heterocycles. The van der Waals surface area contributed by atoms with Crippen molar-refractivity contribution in [1.29, 1.82) is 0 Å². The van der Waals surface area contributed by atoms with Gasteiger partial charge in [0, 0.05) is 10.0 Å². The van der Waals surface area contributed by atoms with Gasteiger partial charge in [0.25, 0.3) is 0 Å². The molecule has 30 heavy (non-hydrogen) atoms. The highest BCUT2D eigenvalue weighted by Crippen LogP contribution is 2.37. The highest BCUT2D eigenvalue weighted by atomic mass is 35.5. The fraction of sp³-hybridized carbons (Fsp3) is 0.240. The molecule has 5 heteroatoms. The zero-order valence-corrected chi connectivity index (χ0v) is 19.0. The second-order valence-corrected chi connectivity index (χ2v) is 9.05. The topological polar surface area (TPSA) is 35.5 Å². The van der Waals surface area contributed by atoms with Crippen molar-refractivity contribution in [3.05, 3.63) is 93.0 Å². The Labute approximate surface area is 187 Å². The second kappa shape index (κ2) is 9.11. The third-order valence-corrected chi connectivity index (χ3v) is 5.19. The Kier molecular flexibility index (Phi) is 6.74. The van der Waals surface area contributed by atoms with E-state index in [9.17, 15) is 4.79 Å². The average Bonchev–Trinajstić information content (AvgIpc) is 2.69. The predicted octanol–water partition coefficient (Wildman–Crippen LogP) is 7.40. The fourth-order valence-electron chi connectivity index (χ4n) is 2.89. The Hall–Kier alpha value is -2.49. The molecule has 0 unspecified atom stereocenters. The van der Waals surface area contributed by atoms with Crippen LogP contribution in [0.4, 0.5) is 0 Å². The van der Waals surface area contributed by atoms with Gasteiger partial charge in [-0.05, 0) is 71.5 Å². The minimum atomic E-state index is -0.463. The van der Waals surface area contributed by atoms with Gasteiger partial charge >= 0.3 is 5.97 Å². The molecule has 0 aliphatic rings. The summed E-state index contributed by atoms with van der Waals surface area (Å²) in [5.41, 5.74) is 3.23. The molecule has 0 radical (unpaired) electrons. The van der Waals surface area contributed by atoms with Gasteiger partial charge in [0.15, 0.2) is 11.5 Å². The normalized spacial score (nSPS) is 11.3. The molecule has 0 atom stereocenters. The Morgan fingerprint density at radius 2 is 1.47 bits per heavy atom. The van der Waals surface area contributed by atoms with Crippen LogP contribution in [-0.4, -0.2) is 5.97 Å². The number of rotatable bonds is 5. The lowest BCUT2D eigenvalue weighted by Gasteiger charge is -2.23. The number of esters is 1. The van der Waals surface area contributed by atoms with E-state index in [0.29, 0.717) is 33.7 Å². The molecule has 0 aromatic heterocycles. The predicted molar refractivity (Wildman–Crippen MR) is 122 cm³/mol. The van der Waals surface area contributed by atoms with Gasteiger partial charge in [0.1, 0.15) is 6.61 Å². The van der Waals surface area contributed by atoms with E-state index in [1.165, 1.54) is 0 Å². The van der Waals surface area contributed by atoms with Gasteiger partial charge in [-0.3, -0.25) is 0 Å². The zero-order valence-electron chi connectivity index (χ0n) is 17.5. The van der Waals surface area contributed by atoms with E-state index in [1.54, 1.807) is 24.3 Å². The molecule has 0 saturated carbocycles. The van der Waals surface area contributed by atoms with Crippen molar-refractivity contribution in [3.8, 4) is 11.5 Å². The molecule has 3 aromatic rings. The van der Waals surface area contributed by atoms with Gasteiger partial charge in [-0.25, -0.2) is 4.79 Å². The largest absolute Gasteiger partial charge is 0.485 e. The van der Waals surface area contributed by atoms with Crippen LogP contribution in [0.3, 0.4) is 0 Å². The summed E-state index contributed by atoms with van der Waals surface area (Å²) in [6, 6.07) is 18.0. The van der Waals surface area contributed by atoms with E-state index in [4.69, 9.17) is 32.7 Å². The van der Waals surface area contributed by atoms with E-state index in [-0.39, 0.29) is 5.41 Å². The quantitative estimate of drug-likeness (QED) is 0.305. The van der Waals surface area contributed by atoms with Crippen LogP contribution in [0.15, 0.2) is 60.7 Å². The molecule has 0 spiro atoms. The van der Waals surface area contributed by atoms with Crippen LogP contribution in [0.2, 0.25) is 10.0 Å². The lowest BCUT2D eigenvalue weighted by atomic mass is 9.86. The lowest BCUT2D eigenvalue weighted by molar-refractivity contribution is 0.0726. The van der Waals surface area contributed by atoms with Crippen molar-refractivity contribution in [3.63, 3.8) is 0 Å². The number of carbonyl (C=O) groups excluding carboxylic acids is 1. The minimum Gasteiger partial charge on any atom is -0.485 e. The van der Waals surface area contributed by atoms with Gasteiger partial charge in [-0.1, -0.05) is 62.2 Å². The van der Waals surface area contributed by atoms with Crippen molar-refractivity contribution >= 4 is 29.2 Å². The Balaban J connectivity index is 1.92. The summed E-state index contributed by atoms with van der Waals surface area (Å²) in [7, 11) is 0. The number of halogens is 2. The summed E-state index contributed by atoms with van der Waals surface area (Å²) < 4.78 is 11.8. The molecular weight excluding hydrogens is 419 g/mol. The van der Waals surface area contributed by atoms with Crippen molar-refractivity contribution in [1.82, 2.24) is 0 Å². The maximum Gasteiger partial charge on any atom is 0.343 e. The second-order valence-electron chi connectivity index (χ2n) is 8.18. The lowest BCUT2D eigenvalue weighted by Crippen LogP contribution is -2.14. The van der Waals surface area contributed by atoms with Crippen LogP contribution < -0.4 is 9.47 Å². The summed E-state index contributed by atoms with van der Waals surface area (Å²) >= 11 is 11.9. The monoisotopic (exact) mass is 442 g/mol. The molecule has 3 rings (SSSR count). The molecule has 0 fully saturated rings. The first-order chi connectivity index (χ1) is 14.1. The Morgan fingerprint density at radius 1 is 0.900 bits per heavy atom. The smallest absolute Gasteiger partial charge is 0.343 e. The third-order valence-electron chi connectivity index (χ3n) is 4.69. The number of ether oxygens (including phenoxy) is 2. The molecular formula is C25H24Cl2O3. The summed E-state index contributed by atoms with van der Waals surface area (Å²) in [5, 5.41) is 1.23. The molecule has 0 amide bonds. The summed E-state index contributed by atoms with van der Waals surface area (Å²) in [5.74, 6) is 0.476. The molecule has 0 saturated heterocycles. The van der Waals surface area contributed by atoms with E-state index in [0.717, 1.165) is 16.7 Å². The first-order valence-electron chi connectivity index (χ1n) is 9.63. The maximum atomic E-state index is 12.7. The first kappa shape index (κ1) is 22.2. The van der Waals surface area contributed by atoms with Crippen molar-refractivity contribution < 1.29 is 14.3 Å². The minimum absolute atomic E-state index is 0.0815. The average molecular weight is 443 g/mol. The summed E-state index contributed by atoms with van der Waals surface area (Å²) in [6.45, 7) is 8.63. The molecule has 0 bridgehead atoms. The van der Waals surface area contributed by atoms with Crippen LogP contribution >= 0.6 is 23.2 Å². The van der Waals surface area contributed by atoms with Crippen molar-refractivity contribution in [2.24, 2.45) is 0 Å². The maximum absolute atomic E-state index is 12.7. The van der Waals surface area contributed by atoms with Crippen LogP contribution in [0, 0.1) is 6.92 Å². The van der Waals surface area contributed by atoms with Crippen LogP contribution in [-0.2, 0) is 12.0 Å². The standard InChI is InChI=1S/C25H24Cl2O3/c1-16-13-19(25(2,3)4)14-22(29-15-17-5-9-20(26)10-6-17)23(16)30-24(28)18-7-11-21(27)12-8-18/h5-14H,15H2,1-4H3. The van der Waals surface area contributed by atoms with Crippen LogP contribution in [0.25, 0.3) is 0 Å². The van der Waals surface area contributed by atoms with E-state index in [2.05, 4.69) is 20.8 Å². The van der Waals surface area contributed by atoms with Gasteiger partial charge in [0.2, 0.25) is 0 Å². The van der Waals surface area contributed by atoms with E-state index < -0.39 is 5.97 Å². The number of benzene rings is 3. The third kappa shape index (κ3) is 5.56. The van der Waals surface area contributed by atoms with E-state index in [1.807, 2.05) is 43.3 Å². The highest BCUT2D eigenvalue weighted by Gasteiger charge is 2.21. The summed E-state index contributed by atoms with van der Waals surface area (Å²) in [4.78, 5) is 12.7. The van der Waals surface area contributed by atoms with E-state index >= 15 is 0 Å². The number of aryl methyl sites for hydroxylation is 1. The van der Waals surface area contributed by atoms with Crippen molar-refractivity contribution in [2.75, 3.05) is 0 Å². The fourth-order valence-corrected chi connectivity index (χ4v) is 3.14. The molecule has 0 aliphatic carbocycles. The Morgan fingerprint density at radius 3 is 2.03 bits per heavy atom. The molecule has 0 N–H and O–H groups in total. The van der Waals surface area contributed by atoms with Gasteiger partial charge < -0.3 is 9.47 Å². The van der Waals surface area contributed by atoms with Gasteiger partial charge in [0.05, 0.1) is 5.56 Å².